The van der Waals surface area contributed by atoms with Crippen molar-refractivity contribution in [1.82, 2.24) is 9.80 Å². The number of likely N-dealkylation sites (N-methyl/N-ethyl adjacent to an activating group) is 1. The van der Waals surface area contributed by atoms with Crippen LogP contribution >= 0.6 is 0 Å². The highest BCUT2D eigenvalue weighted by Gasteiger charge is 2.27. The molecule has 0 aromatic rings. The Hall–Kier alpha value is -1.70. The number of terminal acetylenes is 1. The topological polar surface area (TPSA) is 60.9 Å². The molecule has 0 aromatic heterocycles. The maximum Gasteiger partial charge on any atom is 0.326 e. The molecule has 0 saturated heterocycles. The Bertz CT molecular complexity index is 309. The summed E-state index contributed by atoms with van der Waals surface area (Å²) in [4.78, 5) is 25.7. The van der Waals surface area contributed by atoms with E-state index in [4.69, 9.17) is 11.5 Å². The van der Waals surface area contributed by atoms with Crippen LogP contribution in [0.5, 0.6) is 0 Å². The second-order valence-electron chi connectivity index (χ2n) is 3.78. The molecule has 1 unspecified atom stereocenters. The third kappa shape index (κ3) is 4.35. The zero-order chi connectivity index (χ0) is 13.4. The molecule has 5 heteroatoms. The number of hydrogen-bond donors (Lipinski definition) is 1. The van der Waals surface area contributed by atoms with Gasteiger partial charge in [0.05, 0.1) is 6.54 Å². The standard InChI is InChI=1S/C12H20N2O3/c1-5-8-14(9-6-2)12(17)13(4)10(7-3)11(15)16/h1,10H,6-9H2,2-4H3,(H,15,16). The number of aliphatic carboxylic acids is 1. The van der Waals surface area contributed by atoms with Crippen LogP contribution in [0, 0.1) is 12.3 Å². The Morgan fingerprint density at radius 3 is 2.35 bits per heavy atom. The van der Waals surface area contributed by atoms with Crippen LogP contribution in [-0.2, 0) is 4.79 Å². The Morgan fingerprint density at radius 2 is 2.00 bits per heavy atom. The Morgan fingerprint density at radius 1 is 1.41 bits per heavy atom. The molecule has 0 fully saturated rings. The largest absolute Gasteiger partial charge is 0.480 e. The van der Waals surface area contributed by atoms with E-state index in [1.54, 1.807) is 6.92 Å². The van der Waals surface area contributed by atoms with Crippen LogP contribution in [0.15, 0.2) is 0 Å². The fourth-order valence-electron chi connectivity index (χ4n) is 1.59. The number of carboxylic acid groups (broad SMARTS) is 1. The summed E-state index contributed by atoms with van der Waals surface area (Å²) in [7, 11) is 1.49. The monoisotopic (exact) mass is 240 g/mol. The summed E-state index contributed by atoms with van der Waals surface area (Å²) in [5, 5.41) is 8.98. The van der Waals surface area contributed by atoms with Gasteiger partial charge in [0.2, 0.25) is 0 Å². The first-order chi connectivity index (χ1) is 7.99. The second-order valence-corrected chi connectivity index (χ2v) is 3.78. The molecule has 1 atom stereocenters. The van der Waals surface area contributed by atoms with Crippen molar-refractivity contribution in [1.29, 1.82) is 0 Å². The maximum absolute atomic E-state index is 12.0. The Labute approximate surface area is 102 Å². The summed E-state index contributed by atoms with van der Waals surface area (Å²) in [6.45, 7) is 4.40. The van der Waals surface area contributed by atoms with Crippen LogP contribution in [-0.4, -0.2) is 53.1 Å². The fraction of sp³-hybridized carbons (Fsp3) is 0.667. The van der Waals surface area contributed by atoms with Gasteiger partial charge in [-0.15, -0.1) is 6.42 Å². The second kappa shape index (κ2) is 7.55. The van der Waals surface area contributed by atoms with Crippen molar-refractivity contribution in [2.75, 3.05) is 20.1 Å². The van der Waals surface area contributed by atoms with Gasteiger partial charge in [0.15, 0.2) is 0 Å². The molecule has 2 amide bonds. The van der Waals surface area contributed by atoms with Gasteiger partial charge in [-0.05, 0) is 12.8 Å². The van der Waals surface area contributed by atoms with Crippen LogP contribution in [0.4, 0.5) is 4.79 Å². The van der Waals surface area contributed by atoms with Gasteiger partial charge >= 0.3 is 12.0 Å². The van der Waals surface area contributed by atoms with E-state index in [1.165, 1.54) is 16.8 Å². The number of rotatable bonds is 6. The summed E-state index contributed by atoms with van der Waals surface area (Å²) >= 11 is 0. The van der Waals surface area contributed by atoms with E-state index in [-0.39, 0.29) is 12.6 Å². The van der Waals surface area contributed by atoms with E-state index in [0.717, 1.165) is 6.42 Å². The molecule has 0 aromatic carbocycles. The van der Waals surface area contributed by atoms with Gasteiger partial charge in [0.1, 0.15) is 6.04 Å². The lowest BCUT2D eigenvalue weighted by atomic mass is 10.2. The molecule has 0 bridgehead atoms. The molecule has 96 valence electrons. The smallest absolute Gasteiger partial charge is 0.326 e. The van der Waals surface area contributed by atoms with Crippen LogP contribution in [0.2, 0.25) is 0 Å². The number of amides is 2. The molecule has 0 saturated carbocycles. The number of carbonyl (C=O) groups excluding carboxylic acids is 1. The highest BCUT2D eigenvalue weighted by molar-refractivity contribution is 5.82. The van der Waals surface area contributed by atoms with Crippen LogP contribution in [0.25, 0.3) is 0 Å². The van der Waals surface area contributed by atoms with E-state index >= 15 is 0 Å². The van der Waals surface area contributed by atoms with Gasteiger partial charge in [-0.1, -0.05) is 19.8 Å². The molecular formula is C12H20N2O3. The van der Waals surface area contributed by atoms with E-state index in [0.29, 0.717) is 13.0 Å². The van der Waals surface area contributed by atoms with Gasteiger partial charge in [0.25, 0.3) is 0 Å². The number of carboxylic acids is 1. The molecule has 0 aliphatic heterocycles. The first kappa shape index (κ1) is 15.3. The van der Waals surface area contributed by atoms with Gasteiger partial charge in [0, 0.05) is 13.6 Å². The minimum absolute atomic E-state index is 0.201. The first-order valence-corrected chi connectivity index (χ1v) is 5.67. The molecule has 0 heterocycles. The first-order valence-electron chi connectivity index (χ1n) is 5.67. The molecule has 1 N–H and O–H groups in total. The SMILES string of the molecule is C#CCN(CCC)C(=O)N(C)C(CC)C(=O)O. The average molecular weight is 240 g/mol. The minimum atomic E-state index is -1.000. The number of carbonyl (C=O) groups is 2. The number of hydrogen-bond acceptors (Lipinski definition) is 2. The van der Waals surface area contributed by atoms with Crippen LogP contribution in [0.3, 0.4) is 0 Å². The average Bonchev–Trinajstić information content (AvgIpc) is 2.28. The summed E-state index contributed by atoms with van der Waals surface area (Å²) in [6.07, 6.45) is 6.34. The zero-order valence-electron chi connectivity index (χ0n) is 10.6. The van der Waals surface area contributed by atoms with E-state index in [1.807, 2.05) is 6.92 Å². The van der Waals surface area contributed by atoms with E-state index in [9.17, 15) is 9.59 Å². The van der Waals surface area contributed by atoms with Crippen molar-refractivity contribution in [3.63, 3.8) is 0 Å². The lowest BCUT2D eigenvalue weighted by molar-refractivity contribution is -0.142. The van der Waals surface area contributed by atoms with Crippen LogP contribution < -0.4 is 0 Å². The van der Waals surface area contributed by atoms with Crippen molar-refractivity contribution in [3.8, 4) is 12.3 Å². The number of urea groups is 1. The molecule has 0 spiro atoms. The van der Waals surface area contributed by atoms with Gasteiger partial charge in [-0.3, -0.25) is 0 Å². The zero-order valence-corrected chi connectivity index (χ0v) is 10.6. The van der Waals surface area contributed by atoms with Crippen molar-refractivity contribution in [3.05, 3.63) is 0 Å². The fourth-order valence-corrected chi connectivity index (χ4v) is 1.59. The predicted octanol–water partition coefficient (Wildman–Crippen LogP) is 1.25. The number of nitrogens with zero attached hydrogens (tertiary/aromatic N) is 2. The summed E-state index contributed by atoms with van der Waals surface area (Å²) in [5.74, 6) is 1.41. The third-order valence-electron chi connectivity index (χ3n) is 2.49. The highest BCUT2D eigenvalue weighted by Crippen LogP contribution is 2.07. The molecule has 0 aliphatic rings. The lowest BCUT2D eigenvalue weighted by Crippen LogP contribution is -2.49. The molecule has 0 radical (unpaired) electrons. The highest BCUT2D eigenvalue weighted by atomic mass is 16.4. The molecule has 0 aliphatic carbocycles. The van der Waals surface area contributed by atoms with Gasteiger partial charge < -0.3 is 14.9 Å². The maximum atomic E-state index is 12.0. The Kier molecular flexibility index (Phi) is 6.80. The third-order valence-corrected chi connectivity index (χ3v) is 2.49. The summed E-state index contributed by atoms with van der Waals surface area (Å²) in [5.41, 5.74) is 0. The van der Waals surface area contributed by atoms with E-state index < -0.39 is 12.0 Å². The normalized spacial score (nSPS) is 11.4. The van der Waals surface area contributed by atoms with Crippen molar-refractivity contribution in [2.45, 2.75) is 32.7 Å². The molecule has 0 rings (SSSR count). The van der Waals surface area contributed by atoms with Crippen molar-refractivity contribution >= 4 is 12.0 Å². The van der Waals surface area contributed by atoms with Gasteiger partial charge in [-0.2, -0.15) is 0 Å². The Balaban J connectivity index is 4.74. The quantitative estimate of drug-likeness (QED) is 0.711. The summed E-state index contributed by atoms with van der Waals surface area (Å²) < 4.78 is 0. The molecular weight excluding hydrogens is 220 g/mol. The molecule has 5 nitrogen and oxygen atoms in total. The van der Waals surface area contributed by atoms with Gasteiger partial charge in [-0.25, -0.2) is 9.59 Å². The lowest BCUT2D eigenvalue weighted by Gasteiger charge is -2.30. The minimum Gasteiger partial charge on any atom is -0.480 e. The van der Waals surface area contributed by atoms with Crippen molar-refractivity contribution < 1.29 is 14.7 Å². The summed E-state index contributed by atoms with van der Waals surface area (Å²) in [6, 6.07) is -1.14. The predicted molar refractivity (Wildman–Crippen MR) is 65.6 cm³/mol. The molecule has 17 heavy (non-hydrogen) atoms. The van der Waals surface area contributed by atoms with E-state index in [2.05, 4.69) is 5.92 Å². The van der Waals surface area contributed by atoms with Crippen LogP contribution in [0.1, 0.15) is 26.7 Å². The van der Waals surface area contributed by atoms with Crippen molar-refractivity contribution in [2.24, 2.45) is 0 Å².